The minimum Gasteiger partial charge on any atom is -0.469 e. The van der Waals surface area contributed by atoms with Crippen LogP contribution in [-0.2, 0) is 14.3 Å². The number of hydrogen-bond donors (Lipinski definition) is 1. The van der Waals surface area contributed by atoms with Gasteiger partial charge in [0, 0.05) is 25.2 Å². The van der Waals surface area contributed by atoms with Crippen molar-refractivity contribution < 1.29 is 19.4 Å². The summed E-state index contributed by atoms with van der Waals surface area (Å²) in [6, 6.07) is 0. The van der Waals surface area contributed by atoms with Crippen LogP contribution in [0.2, 0.25) is 0 Å². The summed E-state index contributed by atoms with van der Waals surface area (Å²) >= 11 is 0. The highest BCUT2D eigenvalue weighted by atomic mass is 16.5. The lowest BCUT2D eigenvalue weighted by molar-refractivity contribution is -0.140. The van der Waals surface area contributed by atoms with Gasteiger partial charge in [-0.15, -0.1) is 5.92 Å². The molecule has 0 spiro atoms. The van der Waals surface area contributed by atoms with Gasteiger partial charge in [-0.3, -0.25) is 9.59 Å². The van der Waals surface area contributed by atoms with Crippen molar-refractivity contribution >= 4 is 11.8 Å². The van der Waals surface area contributed by atoms with E-state index in [0.29, 0.717) is 6.42 Å². The fourth-order valence-electron chi connectivity index (χ4n) is 3.41. The summed E-state index contributed by atoms with van der Waals surface area (Å²) in [5, 5.41) is 10.1. The maximum absolute atomic E-state index is 12.1. The molecule has 0 aromatic heterocycles. The minimum atomic E-state index is -0.597. The van der Waals surface area contributed by atoms with E-state index in [0.717, 1.165) is 44.9 Å². The average molecular weight is 350 g/mol. The van der Waals surface area contributed by atoms with Gasteiger partial charge in [-0.25, -0.2) is 0 Å². The monoisotopic (exact) mass is 350 g/mol. The topological polar surface area (TPSA) is 63.6 Å². The fraction of sp³-hybridized carbons (Fsp3) is 0.810. The van der Waals surface area contributed by atoms with Crippen LogP contribution in [0, 0.1) is 23.7 Å². The Kier molecular flexibility index (Phi) is 11.2. The second-order valence-corrected chi connectivity index (χ2v) is 7.03. The highest BCUT2D eigenvalue weighted by Crippen LogP contribution is 2.33. The Morgan fingerprint density at radius 3 is 2.60 bits per heavy atom. The summed E-state index contributed by atoms with van der Waals surface area (Å²) in [6.07, 6.45) is 10.3. The molecule has 1 fully saturated rings. The number of unbranched alkanes of at least 4 members (excludes halogenated alkanes) is 7. The van der Waals surface area contributed by atoms with Crippen LogP contribution in [0.15, 0.2) is 0 Å². The molecule has 4 nitrogen and oxygen atoms in total. The first-order chi connectivity index (χ1) is 12.1. The number of Topliss-reactive ketones (excluding diaryl/α,β-unsaturated/α-hetero) is 1. The summed E-state index contributed by atoms with van der Waals surface area (Å²) in [6.45, 7) is 2.19. The zero-order valence-corrected chi connectivity index (χ0v) is 15.9. The molecule has 142 valence electrons. The molecule has 0 amide bonds. The highest BCUT2D eigenvalue weighted by Gasteiger charge is 2.39. The third-order valence-electron chi connectivity index (χ3n) is 4.97. The van der Waals surface area contributed by atoms with Gasteiger partial charge in [-0.2, -0.15) is 0 Å². The summed E-state index contributed by atoms with van der Waals surface area (Å²) in [5.74, 6) is 6.06. The van der Waals surface area contributed by atoms with E-state index in [9.17, 15) is 14.7 Å². The zero-order valence-electron chi connectivity index (χ0n) is 15.9. The number of ether oxygens (including phenoxy) is 1. The SMILES string of the molecule is CCCCCCC#C[C@H]1[C@H](O)CC(=O)[C@@H]1CCCCCCC(=O)OC. The Hall–Kier alpha value is -1.34. The first-order valence-corrected chi connectivity index (χ1v) is 9.86. The molecule has 1 aliphatic rings. The van der Waals surface area contributed by atoms with Gasteiger partial charge in [0.05, 0.1) is 19.1 Å². The van der Waals surface area contributed by atoms with Crippen molar-refractivity contribution in [2.75, 3.05) is 7.11 Å². The molecule has 1 N–H and O–H groups in total. The third kappa shape index (κ3) is 8.54. The number of hydrogen-bond acceptors (Lipinski definition) is 4. The first kappa shape index (κ1) is 21.7. The molecule has 0 unspecified atom stereocenters. The number of aliphatic hydroxyl groups excluding tert-OH is 1. The van der Waals surface area contributed by atoms with E-state index in [2.05, 4.69) is 23.5 Å². The molecule has 0 heterocycles. The maximum Gasteiger partial charge on any atom is 0.305 e. The number of carbonyl (C=O) groups excluding carboxylic acids is 2. The van der Waals surface area contributed by atoms with Crippen LogP contribution in [-0.4, -0.2) is 30.1 Å². The second-order valence-electron chi connectivity index (χ2n) is 7.03. The number of esters is 1. The molecule has 0 bridgehead atoms. The van der Waals surface area contributed by atoms with Crippen molar-refractivity contribution in [3.05, 3.63) is 0 Å². The third-order valence-corrected chi connectivity index (χ3v) is 4.97. The molecule has 0 radical (unpaired) electrons. The van der Waals surface area contributed by atoms with Crippen molar-refractivity contribution in [3.63, 3.8) is 0 Å². The van der Waals surface area contributed by atoms with Crippen molar-refractivity contribution in [1.29, 1.82) is 0 Å². The van der Waals surface area contributed by atoms with Crippen LogP contribution in [0.4, 0.5) is 0 Å². The predicted molar refractivity (Wildman–Crippen MR) is 98.9 cm³/mol. The van der Waals surface area contributed by atoms with Crippen LogP contribution in [0.3, 0.4) is 0 Å². The molecular formula is C21H34O4. The second kappa shape index (κ2) is 12.9. The largest absolute Gasteiger partial charge is 0.469 e. The Bertz CT molecular complexity index is 460. The van der Waals surface area contributed by atoms with Gasteiger partial charge in [0.25, 0.3) is 0 Å². The van der Waals surface area contributed by atoms with Gasteiger partial charge in [0.1, 0.15) is 5.78 Å². The number of carbonyl (C=O) groups is 2. The minimum absolute atomic E-state index is 0.112. The molecule has 0 saturated heterocycles. The number of ketones is 1. The van der Waals surface area contributed by atoms with Crippen LogP contribution >= 0.6 is 0 Å². The smallest absolute Gasteiger partial charge is 0.305 e. The normalized spacial score (nSPS) is 22.5. The van der Waals surface area contributed by atoms with Crippen molar-refractivity contribution in [1.82, 2.24) is 0 Å². The molecule has 1 saturated carbocycles. The van der Waals surface area contributed by atoms with E-state index in [1.54, 1.807) is 0 Å². The molecule has 0 aromatic rings. The van der Waals surface area contributed by atoms with E-state index < -0.39 is 6.10 Å². The lowest BCUT2D eigenvalue weighted by atomic mass is 9.89. The van der Waals surface area contributed by atoms with Crippen molar-refractivity contribution in [2.24, 2.45) is 11.8 Å². The van der Waals surface area contributed by atoms with Crippen LogP contribution < -0.4 is 0 Å². The Labute approximate surface area is 152 Å². The molecule has 25 heavy (non-hydrogen) atoms. The standard InChI is InChI=1S/C21H34O4/c1-3-4-5-6-7-10-13-17-18(20(23)16-19(17)22)14-11-8-9-12-15-21(24)25-2/h17-19,22H,3-9,11-12,14-16H2,1-2H3/t17-,18-,19-/m1/s1. The fourth-order valence-corrected chi connectivity index (χ4v) is 3.41. The van der Waals surface area contributed by atoms with Gasteiger partial charge in [0.2, 0.25) is 0 Å². The Morgan fingerprint density at radius 1 is 1.16 bits per heavy atom. The molecule has 1 rings (SSSR count). The molecule has 3 atom stereocenters. The van der Waals surface area contributed by atoms with Crippen molar-refractivity contribution in [2.45, 2.75) is 90.1 Å². The lowest BCUT2D eigenvalue weighted by Gasteiger charge is -2.15. The quantitative estimate of drug-likeness (QED) is 0.347. The van der Waals surface area contributed by atoms with E-state index in [1.807, 2.05) is 0 Å². The number of aliphatic hydroxyl groups is 1. The van der Waals surface area contributed by atoms with Gasteiger partial charge in [-0.05, 0) is 19.3 Å². The van der Waals surface area contributed by atoms with Gasteiger partial charge >= 0.3 is 5.97 Å². The lowest BCUT2D eigenvalue weighted by Crippen LogP contribution is -2.19. The van der Waals surface area contributed by atoms with Crippen LogP contribution in [0.1, 0.15) is 84.0 Å². The average Bonchev–Trinajstić information content (AvgIpc) is 2.87. The molecule has 1 aliphatic carbocycles. The molecule has 4 heteroatoms. The Balaban J connectivity index is 2.30. The zero-order chi connectivity index (χ0) is 18.5. The van der Waals surface area contributed by atoms with Gasteiger partial charge in [0.15, 0.2) is 0 Å². The molecule has 0 aromatic carbocycles. The number of methoxy groups -OCH3 is 1. The van der Waals surface area contributed by atoms with Crippen LogP contribution in [0.25, 0.3) is 0 Å². The summed E-state index contributed by atoms with van der Waals surface area (Å²) in [4.78, 5) is 23.2. The summed E-state index contributed by atoms with van der Waals surface area (Å²) in [5.41, 5.74) is 0. The first-order valence-electron chi connectivity index (χ1n) is 9.86. The number of rotatable bonds is 11. The summed E-state index contributed by atoms with van der Waals surface area (Å²) < 4.78 is 4.62. The predicted octanol–water partition coefficient (Wildman–Crippen LogP) is 4.04. The van der Waals surface area contributed by atoms with E-state index >= 15 is 0 Å². The van der Waals surface area contributed by atoms with Gasteiger partial charge < -0.3 is 9.84 Å². The maximum atomic E-state index is 12.1. The van der Waals surface area contributed by atoms with E-state index in [1.165, 1.54) is 26.4 Å². The van der Waals surface area contributed by atoms with Crippen LogP contribution in [0.5, 0.6) is 0 Å². The van der Waals surface area contributed by atoms with Gasteiger partial charge in [-0.1, -0.05) is 51.4 Å². The van der Waals surface area contributed by atoms with E-state index in [-0.39, 0.29) is 30.0 Å². The molecular weight excluding hydrogens is 316 g/mol. The van der Waals surface area contributed by atoms with E-state index in [4.69, 9.17) is 0 Å². The summed E-state index contributed by atoms with van der Waals surface area (Å²) in [7, 11) is 1.41. The Morgan fingerprint density at radius 2 is 1.88 bits per heavy atom. The van der Waals surface area contributed by atoms with Crippen molar-refractivity contribution in [3.8, 4) is 11.8 Å². The highest BCUT2D eigenvalue weighted by molar-refractivity contribution is 5.84. The molecule has 0 aliphatic heterocycles.